The van der Waals surface area contributed by atoms with Gasteiger partial charge >= 0.3 is 0 Å². The second kappa shape index (κ2) is 4.74. The first-order chi connectivity index (χ1) is 4.09. The van der Waals surface area contributed by atoms with Gasteiger partial charge in [-0.05, 0) is 12.3 Å². The van der Waals surface area contributed by atoms with Crippen LogP contribution in [-0.2, 0) is 0 Å². The van der Waals surface area contributed by atoms with Gasteiger partial charge in [-0.15, -0.1) is 11.6 Å². The van der Waals surface area contributed by atoms with Crippen LogP contribution in [0.25, 0.3) is 0 Å². The summed E-state index contributed by atoms with van der Waals surface area (Å²) in [4.78, 5) is 0. The van der Waals surface area contributed by atoms with Gasteiger partial charge in [-0.25, -0.2) is 0 Å². The summed E-state index contributed by atoms with van der Waals surface area (Å²) in [6.45, 7) is 4.23. The summed E-state index contributed by atoms with van der Waals surface area (Å²) in [5, 5.41) is 0. The zero-order valence-electron chi connectivity index (χ0n) is 5.77. The molecule has 0 amide bonds. The molecule has 0 radical (unpaired) electrons. The third-order valence-corrected chi connectivity index (χ3v) is 3.88. The number of halogens is 2. The number of rotatable bonds is 3. The van der Waals surface area contributed by atoms with Gasteiger partial charge in [-0.2, -0.15) is 0 Å². The summed E-state index contributed by atoms with van der Waals surface area (Å²) < 4.78 is 0.607. The Bertz CT molecular complexity index is 77.5. The molecule has 0 heterocycles. The van der Waals surface area contributed by atoms with Crippen molar-refractivity contribution in [3.63, 3.8) is 0 Å². The third-order valence-electron chi connectivity index (χ3n) is 1.46. The van der Waals surface area contributed by atoms with Crippen LogP contribution in [0.2, 0.25) is 0 Å². The minimum Gasteiger partial charge on any atom is -0.315 e. The van der Waals surface area contributed by atoms with Crippen LogP contribution in [0, 0.1) is 5.92 Å². The monoisotopic (exact) mass is 261 g/mol. The Labute approximate surface area is 75.5 Å². The molecule has 0 fully saturated rings. The van der Waals surface area contributed by atoms with Gasteiger partial charge in [0, 0.05) is 3.92 Å². The Kier molecular flexibility index (Phi) is 5.26. The SMILES string of the molecule is CC[C@@H](I)C(C)C(N)Cl. The van der Waals surface area contributed by atoms with E-state index in [1.165, 1.54) is 0 Å². The van der Waals surface area contributed by atoms with Crippen molar-refractivity contribution in [1.29, 1.82) is 0 Å². The Hall–Kier alpha value is 0.980. The standard InChI is InChI=1S/C6H13ClIN/c1-3-5(8)4(2)6(7)9/h4-6H,3,9H2,1-2H3/t4?,5-,6?/m1/s1. The summed E-state index contributed by atoms with van der Waals surface area (Å²) in [7, 11) is 0. The van der Waals surface area contributed by atoms with Crippen LogP contribution in [0.15, 0.2) is 0 Å². The van der Waals surface area contributed by atoms with E-state index in [0.29, 0.717) is 9.84 Å². The van der Waals surface area contributed by atoms with Gasteiger partial charge in [0.05, 0.1) is 5.50 Å². The fourth-order valence-electron chi connectivity index (χ4n) is 0.571. The first-order valence-corrected chi connectivity index (χ1v) is 4.81. The lowest BCUT2D eigenvalue weighted by molar-refractivity contribution is 0.534. The molecule has 0 bridgehead atoms. The molecule has 3 atom stereocenters. The van der Waals surface area contributed by atoms with E-state index in [1.54, 1.807) is 0 Å². The lowest BCUT2D eigenvalue weighted by atomic mass is 10.1. The van der Waals surface area contributed by atoms with Gasteiger partial charge < -0.3 is 5.73 Å². The van der Waals surface area contributed by atoms with Gasteiger partial charge in [-0.3, -0.25) is 0 Å². The molecule has 0 saturated carbocycles. The highest BCUT2D eigenvalue weighted by Crippen LogP contribution is 2.20. The fourth-order valence-corrected chi connectivity index (χ4v) is 1.44. The van der Waals surface area contributed by atoms with Gasteiger partial charge in [0.1, 0.15) is 0 Å². The van der Waals surface area contributed by atoms with Crippen molar-refractivity contribution < 1.29 is 0 Å². The molecule has 1 nitrogen and oxygen atoms in total. The summed E-state index contributed by atoms with van der Waals surface area (Å²) in [6.07, 6.45) is 1.14. The van der Waals surface area contributed by atoms with E-state index in [1.807, 2.05) is 0 Å². The summed E-state index contributed by atoms with van der Waals surface area (Å²) in [5.74, 6) is 0.414. The predicted octanol–water partition coefficient (Wildman–Crippen LogP) is 2.36. The van der Waals surface area contributed by atoms with Gasteiger partial charge in [0.15, 0.2) is 0 Å². The van der Waals surface area contributed by atoms with Crippen molar-refractivity contribution in [2.75, 3.05) is 0 Å². The molecule has 3 heteroatoms. The molecule has 0 aromatic heterocycles. The first kappa shape index (κ1) is 9.98. The van der Waals surface area contributed by atoms with Crippen molar-refractivity contribution in [3.8, 4) is 0 Å². The summed E-state index contributed by atoms with van der Waals surface area (Å²) in [5.41, 5.74) is 5.28. The zero-order valence-corrected chi connectivity index (χ0v) is 8.69. The molecular formula is C6H13ClIN. The van der Waals surface area contributed by atoms with Crippen LogP contribution in [0.5, 0.6) is 0 Å². The van der Waals surface area contributed by atoms with Gasteiger partial charge in [0.2, 0.25) is 0 Å². The Balaban J connectivity index is 3.58. The highest BCUT2D eigenvalue weighted by atomic mass is 127. The quantitative estimate of drug-likeness (QED) is 0.471. The van der Waals surface area contributed by atoms with E-state index in [4.69, 9.17) is 17.3 Å². The van der Waals surface area contributed by atoms with Crippen molar-refractivity contribution in [3.05, 3.63) is 0 Å². The van der Waals surface area contributed by atoms with Crippen LogP contribution in [0.3, 0.4) is 0 Å². The topological polar surface area (TPSA) is 26.0 Å². The second-order valence-corrected chi connectivity index (χ2v) is 4.33. The molecule has 0 aromatic rings. The Morgan fingerprint density at radius 1 is 1.67 bits per heavy atom. The maximum atomic E-state index is 5.67. The molecule has 0 aliphatic rings. The van der Waals surface area contributed by atoms with Crippen LogP contribution in [0.4, 0.5) is 0 Å². The number of nitrogens with two attached hydrogens (primary N) is 1. The molecule has 56 valence electrons. The molecule has 0 aliphatic carbocycles. The maximum absolute atomic E-state index is 5.67. The summed E-state index contributed by atoms with van der Waals surface area (Å²) in [6, 6.07) is 0. The molecular weight excluding hydrogens is 248 g/mol. The zero-order chi connectivity index (χ0) is 7.44. The van der Waals surface area contributed by atoms with Gasteiger partial charge in [-0.1, -0.05) is 36.4 Å². The minimum atomic E-state index is -0.188. The van der Waals surface area contributed by atoms with Crippen molar-refractivity contribution in [2.24, 2.45) is 11.7 Å². The summed E-state index contributed by atoms with van der Waals surface area (Å²) >= 11 is 8.06. The molecule has 0 spiro atoms. The van der Waals surface area contributed by atoms with E-state index in [2.05, 4.69) is 36.4 Å². The average molecular weight is 262 g/mol. The van der Waals surface area contributed by atoms with E-state index in [0.717, 1.165) is 6.42 Å². The van der Waals surface area contributed by atoms with Crippen LogP contribution < -0.4 is 5.73 Å². The fraction of sp³-hybridized carbons (Fsp3) is 1.00. The van der Waals surface area contributed by atoms with Crippen LogP contribution in [0.1, 0.15) is 20.3 Å². The van der Waals surface area contributed by atoms with Crippen molar-refractivity contribution in [2.45, 2.75) is 29.7 Å². The lowest BCUT2D eigenvalue weighted by Crippen LogP contribution is -2.27. The predicted molar refractivity (Wildman–Crippen MR) is 51.1 cm³/mol. The average Bonchev–Trinajstić information content (AvgIpc) is 1.84. The third kappa shape index (κ3) is 3.63. The molecule has 0 aliphatic heterocycles. The first-order valence-electron chi connectivity index (χ1n) is 3.13. The smallest absolute Gasteiger partial charge is 0.0836 e. The molecule has 0 aromatic carbocycles. The Morgan fingerprint density at radius 2 is 2.11 bits per heavy atom. The largest absolute Gasteiger partial charge is 0.315 e. The molecule has 0 rings (SSSR count). The van der Waals surface area contributed by atoms with E-state index in [-0.39, 0.29) is 5.50 Å². The molecule has 0 saturated heterocycles. The van der Waals surface area contributed by atoms with Crippen LogP contribution >= 0.6 is 34.2 Å². The highest BCUT2D eigenvalue weighted by Gasteiger charge is 2.16. The second-order valence-electron chi connectivity index (χ2n) is 2.23. The maximum Gasteiger partial charge on any atom is 0.0836 e. The normalized spacial score (nSPS) is 21.0. The van der Waals surface area contributed by atoms with Crippen molar-refractivity contribution >= 4 is 34.2 Å². The van der Waals surface area contributed by atoms with E-state index < -0.39 is 0 Å². The van der Waals surface area contributed by atoms with E-state index >= 15 is 0 Å². The number of hydrogen-bond donors (Lipinski definition) is 1. The van der Waals surface area contributed by atoms with Crippen LogP contribution in [-0.4, -0.2) is 9.43 Å². The highest BCUT2D eigenvalue weighted by molar-refractivity contribution is 14.1. The van der Waals surface area contributed by atoms with E-state index in [9.17, 15) is 0 Å². The number of alkyl halides is 2. The molecule has 9 heavy (non-hydrogen) atoms. The molecule has 2 N–H and O–H groups in total. The minimum absolute atomic E-state index is 0.188. The Morgan fingerprint density at radius 3 is 2.22 bits per heavy atom. The van der Waals surface area contributed by atoms with Crippen molar-refractivity contribution in [1.82, 2.24) is 0 Å². The number of hydrogen-bond acceptors (Lipinski definition) is 1. The lowest BCUT2D eigenvalue weighted by Gasteiger charge is -2.18. The van der Waals surface area contributed by atoms with Gasteiger partial charge in [0.25, 0.3) is 0 Å². The molecule has 2 unspecified atom stereocenters.